The van der Waals surface area contributed by atoms with Crippen molar-refractivity contribution in [2.75, 3.05) is 5.32 Å². The largest absolute Gasteiger partial charge is 0.325 e. The van der Waals surface area contributed by atoms with Crippen molar-refractivity contribution in [3.63, 3.8) is 0 Å². The highest BCUT2D eigenvalue weighted by Gasteiger charge is 2.15. The van der Waals surface area contributed by atoms with Gasteiger partial charge >= 0.3 is 0 Å². The first kappa shape index (κ1) is 21.8. The van der Waals surface area contributed by atoms with Crippen molar-refractivity contribution in [2.24, 2.45) is 0 Å². The van der Waals surface area contributed by atoms with E-state index >= 15 is 0 Å². The number of benzene rings is 2. The van der Waals surface area contributed by atoms with Crippen LogP contribution >= 0.6 is 0 Å². The normalized spacial score (nSPS) is 11.0. The van der Waals surface area contributed by atoms with Crippen LogP contribution in [-0.2, 0) is 26.2 Å². The van der Waals surface area contributed by atoms with Gasteiger partial charge < -0.3 is 5.32 Å². The predicted molar refractivity (Wildman–Crippen MR) is 110 cm³/mol. The van der Waals surface area contributed by atoms with E-state index in [9.17, 15) is 27.2 Å². The lowest BCUT2D eigenvalue weighted by Crippen LogP contribution is -2.28. The van der Waals surface area contributed by atoms with E-state index in [-0.39, 0.29) is 28.4 Å². The number of nitrogens with zero attached hydrogens (tertiary/aromatic N) is 2. The van der Waals surface area contributed by atoms with Crippen LogP contribution in [0.15, 0.2) is 70.6 Å². The summed E-state index contributed by atoms with van der Waals surface area (Å²) in [6.45, 7) is 0.723. The van der Waals surface area contributed by atoms with E-state index in [1.54, 1.807) is 6.07 Å². The summed E-state index contributed by atoms with van der Waals surface area (Å²) in [5, 5.41) is 2.52. The molecule has 3 rings (SSSR count). The Hall–Kier alpha value is -3.86. The number of nitrogens with one attached hydrogen (secondary N) is 2. The number of carbonyl (C=O) groups is 2. The number of sulfonamides is 1. The molecule has 0 radical (unpaired) electrons. The fourth-order valence-electron chi connectivity index (χ4n) is 2.68. The molecule has 31 heavy (non-hydrogen) atoms. The van der Waals surface area contributed by atoms with E-state index in [1.165, 1.54) is 42.5 Å². The van der Waals surface area contributed by atoms with Crippen molar-refractivity contribution in [2.45, 2.75) is 18.4 Å². The van der Waals surface area contributed by atoms with Crippen LogP contribution in [0.5, 0.6) is 0 Å². The van der Waals surface area contributed by atoms with Gasteiger partial charge in [-0.05, 0) is 36.4 Å². The van der Waals surface area contributed by atoms with E-state index in [0.717, 1.165) is 23.9 Å². The van der Waals surface area contributed by atoms with Crippen molar-refractivity contribution in [1.29, 1.82) is 0 Å². The zero-order chi connectivity index (χ0) is 22.6. The summed E-state index contributed by atoms with van der Waals surface area (Å²) < 4.78 is 40.6. The number of aromatic nitrogens is 2. The van der Waals surface area contributed by atoms with Gasteiger partial charge in [-0.2, -0.15) is 0 Å². The smallest absolute Gasteiger partial charge is 0.264 e. The second-order valence-electron chi connectivity index (χ2n) is 6.45. The number of carbonyl (C=O) groups excluding carboxylic acids is 2. The molecule has 0 spiro atoms. The van der Waals surface area contributed by atoms with Gasteiger partial charge in [-0.1, -0.05) is 12.1 Å². The monoisotopic (exact) mass is 444 g/mol. The second-order valence-corrected chi connectivity index (χ2v) is 8.14. The quantitative estimate of drug-likeness (QED) is 0.593. The molecule has 0 unspecified atom stereocenters. The molecule has 160 valence electrons. The summed E-state index contributed by atoms with van der Waals surface area (Å²) in [5.41, 5.74) is 0.0668. The lowest BCUT2D eigenvalue weighted by atomic mass is 10.1. The van der Waals surface area contributed by atoms with Gasteiger partial charge in [0.25, 0.3) is 15.6 Å². The van der Waals surface area contributed by atoms with Crippen molar-refractivity contribution in [1.82, 2.24) is 14.3 Å². The number of rotatable bonds is 6. The third kappa shape index (κ3) is 5.39. The maximum absolute atomic E-state index is 13.9. The van der Waals surface area contributed by atoms with Crippen LogP contribution in [0.4, 0.5) is 10.1 Å². The highest BCUT2D eigenvalue weighted by molar-refractivity contribution is 7.90. The number of hydrogen-bond acceptors (Lipinski definition) is 6. The van der Waals surface area contributed by atoms with Crippen LogP contribution < -0.4 is 15.6 Å². The lowest BCUT2D eigenvalue weighted by Gasteiger charge is -2.09. The molecule has 0 aliphatic heterocycles. The van der Waals surface area contributed by atoms with E-state index < -0.39 is 33.2 Å². The minimum atomic E-state index is -3.98. The first-order chi connectivity index (χ1) is 14.7. The molecule has 0 aliphatic rings. The number of anilines is 1. The first-order valence-electron chi connectivity index (χ1n) is 8.90. The van der Waals surface area contributed by atoms with Crippen molar-refractivity contribution in [3.8, 4) is 11.3 Å². The summed E-state index contributed by atoms with van der Waals surface area (Å²) in [5.74, 6) is -1.80. The molecule has 0 saturated heterocycles. The minimum absolute atomic E-state index is 0.148. The zero-order valence-electron chi connectivity index (χ0n) is 16.2. The predicted octanol–water partition coefficient (Wildman–Crippen LogP) is 1.51. The molecule has 0 atom stereocenters. The van der Waals surface area contributed by atoms with Crippen LogP contribution in [0.25, 0.3) is 11.3 Å². The third-order valence-corrected chi connectivity index (χ3v) is 5.52. The van der Waals surface area contributed by atoms with E-state index in [1.807, 2.05) is 4.72 Å². The van der Waals surface area contributed by atoms with Gasteiger partial charge in [0.1, 0.15) is 12.4 Å². The number of halogens is 1. The SMILES string of the molecule is CC(=O)NS(=O)(=O)c1ccc(NC(=O)Cn2cnc(-c3ccccc3F)cc2=O)cc1. The van der Waals surface area contributed by atoms with E-state index in [4.69, 9.17) is 0 Å². The Balaban J connectivity index is 1.69. The van der Waals surface area contributed by atoms with Crippen LogP contribution in [0.3, 0.4) is 0 Å². The van der Waals surface area contributed by atoms with Gasteiger partial charge in [-0.3, -0.25) is 19.0 Å². The molecule has 0 saturated carbocycles. The van der Waals surface area contributed by atoms with Crippen LogP contribution in [-0.4, -0.2) is 29.8 Å². The molecule has 0 aliphatic carbocycles. The Morgan fingerprint density at radius 3 is 2.39 bits per heavy atom. The Bertz CT molecular complexity index is 1300. The first-order valence-corrected chi connectivity index (χ1v) is 10.4. The highest BCUT2D eigenvalue weighted by Crippen LogP contribution is 2.18. The molecule has 3 aromatic rings. The molecule has 11 heteroatoms. The molecule has 1 heterocycles. The van der Waals surface area contributed by atoms with Gasteiger partial charge in [0.2, 0.25) is 11.8 Å². The fraction of sp³-hybridized carbons (Fsp3) is 0.100. The maximum atomic E-state index is 13.9. The summed E-state index contributed by atoms with van der Waals surface area (Å²) >= 11 is 0. The molecule has 0 fully saturated rings. The van der Waals surface area contributed by atoms with E-state index in [2.05, 4.69) is 10.3 Å². The summed E-state index contributed by atoms with van der Waals surface area (Å²) in [7, 11) is -3.98. The molecule has 0 bridgehead atoms. The summed E-state index contributed by atoms with van der Waals surface area (Å²) in [6.07, 6.45) is 1.15. The van der Waals surface area contributed by atoms with Crippen molar-refractivity contribution < 1.29 is 22.4 Å². The second kappa shape index (κ2) is 8.88. The molecule has 2 amide bonds. The minimum Gasteiger partial charge on any atom is -0.325 e. The topological polar surface area (TPSA) is 127 Å². The standard InChI is InChI=1S/C20H17FN4O5S/c1-13(26)24-31(29,30)15-8-6-14(7-9-15)23-19(27)11-25-12-22-18(10-20(25)28)16-4-2-3-5-17(16)21/h2-10,12H,11H2,1H3,(H,23,27)(H,24,26). The van der Waals surface area contributed by atoms with Crippen LogP contribution in [0.2, 0.25) is 0 Å². The highest BCUT2D eigenvalue weighted by atomic mass is 32.2. The Morgan fingerprint density at radius 1 is 1.10 bits per heavy atom. The third-order valence-electron chi connectivity index (χ3n) is 4.07. The van der Waals surface area contributed by atoms with Crippen LogP contribution in [0, 0.1) is 5.82 Å². The van der Waals surface area contributed by atoms with Gasteiger partial charge in [0.15, 0.2) is 0 Å². The van der Waals surface area contributed by atoms with Crippen molar-refractivity contribution >= 4 is 27.5 Å². The van der Waals surface area contributed by atoms with Crippen molar-refractivity contribution in [3.05, 3.63) is 77.1 Å². The Morgan fingerprint density at radius 2 is 1.77 bits per heavy atom. The average Bonchev–Trinajstić information content (AvgIpc) is 2.69. The number of amides is 2. The molecule has 1 aromatic heterocycles. The molecule has 2 N–H and O–H groups in total. The summed E-state index contributed by atoms with van der Waals surface area (Å²) in [6, 6.07) is 12.1. The Kier molecular flexibility index (Phi) is 6.25. The average molecular weight is 444 g/mol. The van der Waals surface area contributed by atoms with Gasteiger partial charge in [-0.15, -0.1) is 0 Å². The summed E-state index contributed by atoms with van der Waals surface area (Å²) in [4.78, 5) is 39.4. The van der Waals surface area contributed by atoms with Gasteiger partial charge in [-0.25, -0.2) is 22.5 Å². The van der Waals surface area contributed by atoms with Gasteiger partial charge in [0, 0.05) is 24.2 Å². The van der Waals surface area contributed by atoms with E-state index in [0.29, 0.717) is 0 Å². The number of hydrogen-bond donors (Lipinski definition) is 2. The molecule has 2 aromatic carbocycles. The van der Waals surface area contributed by atoms with Crippen LogP contribution in [0.1, 0.15) is 6.92 Å². The molecular weight excluding hydrogens is 427 g/mol. The lowest BCUT2D eigenvalue weighted by molar-refractivity contribution is -0.117. The van der Waals surface area contributed by atoms with Gasteiger partial charge in [0.05, 0.1) is 16.9 Å². The maximum Gasteiger partial charge on any atom is 0.264 e. The molecular formula is C20H17FN4O5S. The zero-order valence-corrected chi connectivity index (χ0v) is 17.0. The fourth-order valence-corrected chi connectivity index (χ4v) is 3.67. The Labute approximate surface area is 176 Å². The molecule has 9 nitrogen and oxygen atoms in total.